The van der Waals surface area contributed by atoms with Gasteiger partial charge in [-0.2, -0.15) is 4.31 Å². The number of hydrogen-bond acceptors (Lipinski definition) is 5. The topological polar surface area (TPSA) is 66.9 Å². The number of sulfonamides is 1. The molecule has 0 atom stereocenters. The Hall–Kier alpha value is -1.08. The summed E-state index contributed by atoms with van der Waals surface area (Å²) >= 11 is 0. The minimum Gasteiger partial charge on any atom is -0.466 e. The van der Waals surface area contributed by atoms with Crippen LogP contribution in [0.2, 0.25) is 0 Å². The van der Waals surface area contributed by atoms with E-state index in [2.05, 4.69) is 4.74 Å². The van der Waals surface area contributed by atoms with E-state index in [4.69, 9.17) is 0 Å². The molecule has 1 rings (SSSR count). The Balaban J connectivity index is 2.44. The van der Waals surface area contributed by atoms with Crippen LogP contribution in [0.3, 0.4) is 0 Å². The van der Waals surface area contributed by atoms with Crippen LogP contribution in [0.15, 0.2) is 12.3 Å². The Morgan fingerprint density at radius 3 is 2.25 bits per heavy atom. The van der Waals surface area contributed by atoms with Gasteiger partial charge in [0, 0.05) is 38.5 Å². The third-order valence-corrected chi connectivity index (χ3v) is 3.67. The zero-order valence-corrected chi connectivity index (χ0v) is 10.2. The molecule has 1 saturated heterocycles. The number of carbonyl (C=O) groups is 1. The Kier molecular flexibility index (Phi) is 4.31. The fraction of sp³-hybridized carbons (Fsp3) is 0.667. The van der Waals surface area contributed by atoms with Crippen molar-refractivity contribution in [1.82, 2.24) is 9.21 Å². The highest BCUT2D eigenvalue weighted by Crippen LogP contribution is 2.06. The van der Waals surface area contributed by atoms with Crippen LogP contribution in [0.5, 0.6) is 0 Å². The van der Waals surface area contributed by atoms with Gasteiger partial charge in [-0.05, 0) is 0 Å². The van der Waals surface area contributed by atoms with Gasteiger partial charge in [0.2, 0.25) is 10.0 Å². The van der Waals surface area contributed by atoms with E-state index in [0.717, 1.165) is 0 Å². The van der Waals surface area contributed by atoms with Crippen molar-refractivity contribution >= 4 is 16.0 Å². The number of carbonyl (C=O) groups excluding carboxylic acids is 1. The highest BCUT2D eigenvalue weighted by atomic mass is 32.2. The summed E-state index contributed by atoms with van der Waals surface area (Å²) in [6.45, 7) is 2.07. The lowest BCUT2D eigenvalue weighted by molar-refractivity contribution is -0.134. The van der Waals surface area contributed by atoms with Crippen LogP contribution in [-0.4, -0.2) is 63.1 Å². The van der Waals surface area contributed by atoms with Crippen molar-refractivity contribution in [3.8, 4) is 0 Å². The molecule has 0 saturated carbocycles. The lowest BCUT2D eigenvalue weighted by Crippen LogP contribution is -2.46. The second-order valence-electron chi connectivity index (χ2n) is 3.54. The summed E-state index contributed by atoms with van der Waals surface area (Å²) in [6.07, 6.45) is 4.16. The van der Waals surface area contributed by atoms with Crippen LogP contribution in [0.25, 0.3) is 0 Å². The van der Waals surface area contributed by atoms with Gasteiger partial charge in [0.15, 0.2) is 0 Å². The van der Waals surface area contributed by atoms with Gasteiger partial charge in [0.05, 0.1) is 13.4 Å². The Labute approximate surface area is 95.5 Å². The van der Waals surface area contributed by atoms with Crippen LogP contribution in [-0.2, 0) is 19.6 Å². The van der Waals surface area contributed by atoms with Gasteiger partial charge in [0.25, 0.3) is 0 Å². The van der Waals surface area contributed by atoms with Crippen molar-refractivity contribution in [3.63, 3.8) is 0 Å². The second-order valence-corrected chi connectivity index (χ2v) is 5.52. The van der Waals surface area contributed by atoms with Gasteiger partial charge in [-0.1, -0.05) is 0 Å². The van der Waals surface area contributed by atoms with Crippen molar-refractivity contribution in [2.45, 2.75) is 0 Å². The van der Waals surface area contributed by atoms with Gasteiger partial charge < -0.3 is 9.64 Å². The van der Waals surface area contributed by atoms with Crippen LogP contribution in [0.4, 0.5) is 0 Å². The molecule has 1 aliphatic heterocycles. The summed E-state index contributed by atoms with van der Waals surface area (Å²) in [6, 6.07) is 0. The summed E-state index contributed by atoms with van der Waals surface area (Å²) in [5.74, 6) is -0.412. The summed E-state index contributed by atoms with van der Waals surface area (Å²) < 4.78 is 28.3. The van der Waals surface area contributed by atoms with Crippen LogP contribution >= 0.6 is 0 Å². The molecule has 0 bridgehead atoms. The third kappa shape index (κ3) is 3.82. The summed E-state index contributed by atoms with van der Waals surface area (Å²) in [5, 5.41) is 0. The maximum Gasteiger partial charge on any atom is 0.331 e. The van der Waals surface area contributed by atoms with E-state index in [9.17, 15) is 13.2 Å². The zero-order chi connectivity index (χ0) is 12.2. The number of nitrogens with zero attached hydrogens (tertiary/aromatic N) is 2. The van der Waals surface area contributed by atoms with E-state index in [1.54, 1.807) is 6.20 Å². The predicted molar refractivity (Wildman–Crippen MR) is 59.1 cm³/mol. The first-order valence-electron chi connectivity index (χ1n) is 4.89. The second kappa shape index (κ2) is 5.31. The molecule has 0 radical (unpaired) electrons. The van der Waals surface area contributed by atoms with E-state index in [1.165, 1.54) is 23.7 Å². The number of esters is 1. The van der Waals surface area contributed by atoms with Crippen molar-refractivity contribution in [2.75, 3.05) is 39.5 Å². The molecule has 0 aliphatic carbocycles. The van der Waals surface area contributed by atoms with Gasteiger partial charge in [0.1, 0.15) is 0 Å². The number of piperazine rings is 1. The van der Waals surface area contributed by atoms with Crippen molar-refractivity contribution in [2.24, 2.45) is 0 Å². The molecule has 7 heteroatoms. The number of methoxy groups -OCH3 is 1. The Morgan fingerprint density at radius 1 is 1.25 bits per heavy atom. The predicted octanol–water partition coefficient (Wildman–Crippen LogP) is -0.750. The first kappa shape index (κ1) is 13.0. The minimum absolute atomic E-state index is 0.412. The fourth-order valence-electron chi connectivity index (χ4n) is 1.42. The first-order chi connectivity index (χ1) is 7.43. The molecule has 92 valence electrons. The number of hydrogen-bond donors (Lipinski definition) is 0. The average Bonchev–Trinajstić information content (AvgIpc) is 2.25. The lowest BCUT2D eigenvalue weighted by Gasteiger charge is -2.32. The van der Waals surface area contributed by atoms with Crippen molar-refractivity contribution < 1.29 is 17.9 Å². The van der Waals surface area contributed by atoms with Crippen molar-refractivity contribution in [1.29, 1.82) is 0 Å². The molecule has 1 fully saturated rings. The molecule has 6 nitrogen and oxygen atoms in total. The van der Waals surface area contributed by atoms with Crippen LogP contribution in [0.1, 0.15) is 0 Å². The monoisotopic (exact) mass is 248 g/mol. The van der Waals surface area contributed by atoms with Gasteiger partial charge >= 0.3 is 5.97 Å². The van der Waals surface area contributed by atoms with E-state index < -0.39 is 16.0 Å². The number of rotatable bonds is 3. The molecule has 0 unspecified atom stereocenters. The van der Waals surface area contributed by atoms with E-state index in [-0.39, 0.29) is 0 Å². The van der Waals surface area contributed by atoms with Crippen LogP contribution < -0.4 is 0 Å². The fourth-order valence-corrected chi connectivity index (χ4v) is 2.25. The van der Waals surface area contributed by atoms with Gasteiger partial charge in [-0.25, -0.2) is 13.2 Å². The normalized spacial score (nSPS) is 19.0. The van der Waals surface area contributed by atoms with Gasteiger partial charge in [-0.3, -0.25) is 0 Å². The SMILES string of the molecule is COC(=O)C=CN1CCN(S(C)(=O)=O)CC1. The molecule has 0 spiro atoms. The standard InChI is InChI=1S/C9H16N2O4S/c1-15-9(12)3-4-10-5-7-11(8-6-10)16(2,13)14/h3-4H,5-8H2,1-2H3. The molecule has 0 amide bonds. The Morgan fingerprint density at radius 2 is 1.81 bits per heavy atom. The highest BCUT2D eigenvalue weighted by molar-refractivity contribution is 7.88. The molecule has 1 heterocycles. The van der Waals surface area contributed by atoms with E-state index >= 15 is 0 Å². The van der Waals surface area contributed by atoms with Crippen LogP contribution in [0, 0.1) is 0 Å². The minimum atomic E-state index is -3.09. The molecule has 0 aromatic carbocycles. The lowest BCUT2D eigenvalue weighted by atomic mass is 10.4. The third-order valence-electron chi connectivity index (χ3n) is 2.36. The average molecular weight is 248 g/mol. The van der Waals surface area contributed by atoms with Gasteiger partial charge in [-0.15, -0.1) is 0 Å². The molecular formula is C9H16N2O4S. The summed E-state index contributed by atoms with van der Waals surface area (Å²) in [4.78, 5) is 12.7. The Bertz CT molecular complexity index is 369. The summed E-state index contributed by atoms with van der Waals surface area (Å²) in [5.41, 5.74) is 0. The summed E-state index contributed by atoms with van der Waals surface area (Å²) in [7, 11) is -1.78. The molecular weight excluding hydrogens is 232 g/mol. The smallest absolute Gasteiger partial charge is 0.331 e. The number of ether oxygens (including phenoxy) is 1. The quantitative estimate of drug-likeness (QED) is 0.485. The zero-order valence-electron chi connectivity index (χ0n) is 9.42. The molecule has 16 heavy (non-hydrogen) atoms. The molecule has 0 N–H and O–H groups in total. The maximum absolute atomic E-state index is 11.2. The largest absolute Gasteiger partial charge is 0.466 e. The molecule has 1 aliphatic rings. The van der Waals surface area contributed by atoms with E-state index in [0.29, 0.717) is 26.2 Å². The highest BCUT2D eigenvalue weighted by Gasteiger charge is 2.21. The first-order valence-corrected chi connectivity index (χ1v) is 6.73. The maximum atomic E-state index is 11.2. The molecule has 0 aromatic heterocycles. The molecule has 0 aromatic rings. The van der Waals surface area contributed by atoms with E-state index in [1.807, 2.05) is 4.90 Å². The van der Waals surface area contributed by atoms with Crippen molar-refractivity contribution in [3.05, 3.63) is 12.3 Å².